The lowest BCUT2D eigenvalue weighted by atomic mass is 10.2. The van der Waals surface area contributed by atoms with Crippen molar-refractivity contribution in [3.63, 3.8) is 0 Å². The fourth-order valence-electron chi connectivity index (χ4n) is 2.65. The van der Waals surface area contributed by atoms with Gasteiger partial charge in [-0.3, -0.25) is 4.79 Å². The summed E-state index contributed by atoms with van der Waals surface area (Å²) in [5, 5.41) is 14.1. The number of carbonyl (C=O) groups excluding carboxylic acids is 2. The number of amides is 3. The van der Waals surface area contributed by atoms with E-state index in [1.165, 1.54) is 42.5 Å². The number of nitrogens with one attached hydrogen (secondary N) is 3. The maximum atomic E-state index is 13.7. The van der Waals surface area contributed by atoms with E-state index >= 15 is 0 Å². The number of hydrogen-bond acceptors (Lipinski definition) is 4. The molecule has 0 radical (unpaired) electrons. The van der Waals surface area contributed by atoms with Gasteiger partial charge < -0.3 is 16.0 Å². The molecule has 1 heterocycles. The van der Waals surface area contributed by atoms with Gasteiger partial charge in [-0.2, -0.15) is 13.2 Å². The van der Waals surface area contributed by atoms with Crippen LogP contribution in [0.25, 0.3) is 5.69 Å². The van der Waals surface area contributed by atoms with Gasteiger partial charge in [-0.05, 0) is 42.5 Å². The third kappa shape index (κ3) is 5.28. The van der Waals surface area contributed by atoms with Gasteiger partial charge in [0.15, 0.2) is 11.4 Å². The van der Waals surface area contributed by atoms with Crippen LogP contribution < -0.4 is 16.0 Å². The summed E-state index contributed by atoms with van der Waals surface area (Å²) in [6, 6.07) is 9.47. The molecule has 0 aliphatic heterocycles. The molecule has 12 heteroatoms. The zero-order valence-electron chi connectivity index (χ0n) is 16.3. The number of anilines is 2. The minimum atomic E-state index is -4.99. The zero-order chi connectivity index (χ0) is 23.3. The molecular formula is C20H16F4N6O2. The fourth-order valence-corrected chi connectivity index (χ4v) is 2.65. The molecule has 3 N–H and O–H groups in total. The van der Waals surface area contributed by atoms with E-state index in [-0.39, 0.29) is 17.9 Å². The van der Waals surface area contributed by atoms with E-state index in [0.29, 0.717) is 10.4 Å². The van der Waals surface area contributed by atoms with Gasteiger partial charge in [0.2, 0.25) is 0 Å². The van der Waals surface area contributed by atoms with Gasteiger partial charge in [0.1, 0.15) is 5.82 Å². The number of aromatic nitrogens is 3. The minimum Gasteiger partial charge on any atom is -0.334 e. The molecule has 0 saturated heterocycles. The minimum absolute atomic E-state index is 0.153. The molecule has 0 fully saturated rings. The van der Waals surface area contributed by atoms with Gasteiger partial charge in [0, 0.05) is 17.9 Å². The molecule has 8 nitrogen and oxygen atoms in total. The first-order valence-corrected chi connectivity index (χ1v) is 9.05. The molecule has 0 saturated carbocycles. The number of benzene rings is 2. The summed E-state index contributed by atoms with van der Waals surface area (Å²) in [4.78, 5) is 24.1. The van der Waals surface area contributed by atoms with Crippen LogP contribution in [0.4, 0.5) is 33.7 Å². The summed E-state index contributed by atoms with van der Waals surface area (Å²) in [7, 11) is 0. The predicted molar refractivity (Wildman–Crippen MR) is 108 cm³/mol. The molecular weight excluding hydrogens is 432 g/mol. The first-order valence-electron chi connectivity index (χ1n) is 9.05. The quantitative estimate of drug-likeness (QED) is 0.392. The normalized spacial score (nSPS) is 11.0. The molecule has 1 aromatic heterocycles. The van der Waals surface area contributed by atoms with E-state index in [1.54, 1.807) is 0 Å². The molecule has 3 amide bonds. The van der Waals surface area contributed by atoms with Gasteiger partial charge in [0.05, 0.1) is 5.69 Å². The highest BCUT2D eigenvalue weighted by Gasteiger charge is 2.42. The lowest BCUT2D eigenvalue weighted by molar-refractivity contribution is -0.143. The monoisotopic (exact) mass is 448 g/mol. The first-order chi connectivity index (χ1) is 15.2. The molecule has 0 aliphatic rings. The maximum absolute atomic E-state index is 13.7. The number of halogens is 4. The Bertz CT molecular complexity index is 1140. The van der Waals surface area contributed by atoms with Crippen LogP contribution in [0.2, 0.25) is 0 Å². The molecule has 0 aliphatic carbocycles. The molecule has 3 rings (SSSR count). The van der Waals surface area contributed by atoms with Crippen LogP contribution in [0, 0.1) is 5.82 Å². The van der Waals surface area contributed by atoms with Crippen molar-refractivity contribution in [1.29, 1.82) is 0 Å². The van der Waals surface area contributed by atoms with E-state index in [9.17, 15) is 27.2 Å². The SMILES string of the molecule is C=CCNC(=O)Nc1ccc(NC(=O)c2nnn(-c3cccc(F)c3)c2C(F)(F)F)cc1. The average molecular weight is 448 g/mol. The molecule has 0 bridgehead atoms. The highest BCUT2D eigenvalue weighted by atomic mass is 19.4. The van der Waals surface area contributed by atoms with Crippen molar-refractivity contribution in [1.82, 2.24) is 20.3 Å². The second kappa shape index (κ2) is 9.29. The number of rotatable bonds is 6. The Morgan fingerprint density at radius 3 is 2.31 bits per heavy atom. The summed E-state index contributed by atoms with van der Waals surface area (Å²) >= 11 is 0. The highest BCUT2D eigenvalue weighted by Crippen LogP contribution is 2.33. The Balaban J connectivity index is 1.81. The lowest BCUT2D eigenvalue weighted by Gasteiger charge is -2.11. The van der Waals surface area contributed by atoms with Gasteiger partial charge in [-0.15, -0.1) is 11.7 Å². The van der Waals surface area contributed by atoms with Crippen LogP contribution >= 0.6 is 0 Å². The van der Waals surface area contributed by atoms with Crippen LogP contribution in [0.5, 0.6) is 0 Å². The number of alkyl halides is 3. The van der Waals surface area contributed by atoms with E-state index in [2.05, 4.69) is 32.8 Å². The van der Waals surface area contributed by atoms with Crippen molar-refractivity contribution in [2.24, 2.45) is 0 Å². The maximum Gasteiger partial charge on any atom is 0.435 e. The van der Waals surface area contributed by atoms with Crippen molar-refractivity contribution in [2.75, 3.05) is 17.2 Å². The van der Waals surface area contributed by atoms with Gasteiger partial charge in [0.25, 0.3) is 5.91 Å². The van der Waals surface area contributed by atoms with Crippen LogP contribution in [-0.2, 0) is 6.18 Å². The summed E-state index contributed by atoms with van der Waals surface area (Å²) in [5.41, 5.74) is -2.13. The summed E-state index contributed by atoms with van der Waals surface area (Å²) in [5.74, 6) is -1.94. The summed E-state index contributed by atoms with van der Waals surface area (Å²) < 4.78 is 54.8. The average Bonchev–Trinajstić information content (AvgIpc) is 3.20. The molecule has 2 aromatic carbocycles. The highest BCUT2D eigenvalue weighted by molar-refractivity contribution is 6.04. The molecule has 0 atom stereocenters. The number of hydrogen-bond donors (Lipinski definition) is 3. The number of carbonyl (C=O) groups is 2. The van der Waals surface area contributed by atoms with Crippen molar-refractivity contribution in [3.8, 4) is 5.69 Å². The fraction of sp³-hybridized carbons (Fsp3) is 0.100. The van der Waals surface area contributed by atoms with Crippen molar-refractivity contribution in [2.45, 2.75) is 6.18 Å². The van der Waals surface area contributed by atoms with Crippen LogP contribution in [0.1, 0.15) is 16.2 Å². The summed E-state index contributed by atoms with van der Waals surface area (Å²) in [6.07, 6.45) is -3.49. The zero-order valence-corrected chi connectivity index (χ0v) is 16.3. The Labute approximate surface area is 178 Å². The Kier molecular flexibility index (Phi) is 6.52. The van der Waals surface area contributed by atoms with Crippen LogP contribution in [0.3, 0.4) is 0 Å². The standard InChI is InChI=1S/C20H16F4N6O2/c1-2-10-25-19(32)27-14-8-6-13(7-9-14)26-18(31)16-17(20(22,23)24)30(29-28-16)15-5-3-4-12(21)11-15/h2-9,11H,1,10H2,(H,26,31)(H2,25,27,32). The predicted octanol–water partition coefficient (Wildman–Crippen LogP) is 3.99. The van der Waals surface area contributed by atoms with Crippen molar-refractivity contribution in [3.05, 3.63) is 78.4 Å². The van der Waals surface area contributed by atoms with Gasteiger partial charge in [-0.1, -0.05) is 17.4 Å². The van der Waals surface area contributed by atoms with Gasteiger partial charge in [-0.25, -0.2) is 13.9 Å². The Hall–Kier alpha value is -4.22. The molecule has 0 unspecified atom stereocenters. The summed E-state index contributed by atoms with van der Waals surface area (Å²) in [6.45, 7) is 3.73. The third-order valence-corrected chi connectivity index (χ3v) is 4.01. The number of nitrogens with zero attached hydrogens (tertiary/aromatic N) is 3. The van der Waals surface area contributed by atoms with Crippen LogP contribution in [-0.4, -0.2) is 33.5 Å². The largest absolute Gasteiger partial charge is 0.435 e. The molecule has 32 heavy (non-hydrogen) atoms. The van der Waals surface area contributed by atoms with E-state index in [0.717, 1.165) is 12.1 Å². The first kappa shape index (κ1) is 22.5. The molecule has 0 spiro atoms. The van der Waals surface area contributed by atoms with E-state index < -0.39 is 35.3 Å². The van der Waals surface area contributed by atoms with E-state index in [1.807, 2.05) is 0 Å². The van der Waals surface area contributed by atoms with Crippen molar-refractivity contribution >= 4 is 23.3 Å². The molecule has 3 aromatic rings. The lowest BCUT2D eigenvalue weighted by Crippen LogP contribution is -2.28. The second-order valence-electron chi connectivity index (χ2n) is 6.33. The van der Waals surface area contributed by atoms with Crippen LogP contribution in [0.15, 0.2) is 61.2 Å². The van der Waals surface area contributed by atoms with Gasteiger partial charge >= 0.3 is 12.2 Å². The van der Waals surface area contributed by atoms with E-state index in [4.69, 9.17) is 0 Å². The number of urea groups is 1. The third-order valence-electron chi connectivity index (χ3n) is 4.01. The smallest absolute Gasteiger partial charge is 0.334 e. The van der Waals surface area contributed by atoms with Crippen molar-refractivity contribution < 1.29 is 27.2 Å². The Morgan fingerprint density at radius 1 is 1.06 bits per heavy atom. The second-order valence-corrected chi connectivity index (χ2v) is 6.33. The molecule has 166 valence electrons. The topological polar surface area (TPSA) is 101 Å². The Morgan fingerprint density at radius 2 is 1.72 bits per heavy atom.